The lowest BCUT2D eigenvalue weighted by Gasteiger charge is -2.17. The normalized spacial score (nSPS) is 11.5. The lowest BCUT2D eigenvalue weighted by Crippen LogP contribution is -1.93. The van der Waals surface area contributed by atoms with Gasteiger partial charge in [0.25, 0.3) is 0 Å². The minimum Gasteiger partial charge on any atom is -0.254 e. The second-order valence-electron chi connectivity index (χ2n) is 13.3. The van der Waals surface area contributed by atoms with Crippen LogP contribution in [0.15, 0.2) is 194 Å². The summed E-state index contributed by atoms with van der Waals surface area (Å²) in [5.74, 6) is 0. The number of fused-ring (bicyclic) bond motifs is 5. The summed E-state index contributed by atoms with van der Waals surface area (Å²) in [6, 6.07) is 67.5. The van der Waals surface area contributed by atoms with Gasteiger partial charge in [0, 0.05) is 22.5 Å². The number of rotatable bonds is 5. The SMILES string of the molecule is c1ccc(-c2ccc(-c3cccc4c(-c5ccc6ccc7cccnc7c6n5)c5cccc(-c6ccc(-c7ccccc7)cc6)c5cc34)cc2)cc1. The number of hydrogen-bond donors (Lipinski definition) is 0. The molecule has 2 nitrogen and oxygen atoms in total. The van der Waals surface area contributed by atoms with Crippen molar-refractivity contribution in [3.63, 3.8) is 0 Å². The van der Waals surface area contributed by atoms with Gasteiger partial charge in [0.05, 0.1) is 16.7 Å². The highest BCUT2D eigenvalue weighted by Gasteiger charge is 2.18. The van der Waals surface area contributed by atoms with Gasteiger partial charge in [0.2, 0.25) is 0 Å². The Morgan fingerprint density at radius 1 is 0.308 bits per heavy atom. The van der Waals surface area contributed by atoms with Crippen LogP contribution in [0.5, 0.6) is 0 Å². The van der Waals surface area contributed by atoms with E-state index in [9.17, 15) is 0 Å². The molecule has 2 aromatic heterocycles. The van der Waals surface area contributed by atoms with Crippen LogP contribution < -0.4 is 0 Å². The van der Waals surface area contributed by atoms with Crippen molar-refractivity contribution in [2.24, 2.45) is 0 Å². The minimum atomic E-state index is 0.918. The van der Waals surface area contributed by atoms with Crippen LogP contribution in [-0.2, 0) is 0 Å². The second-order valence-corrected chi connectivity index (χ2v) is 13.3. The lowest BCUT2D eigenvalue weighted by atomic mass is 9.87. The third-order valence-electron chi connectivity index (χ3n) is 10.3. The molecule has 0 saturated carbocycles. The fraction of sp³-hybridized carbons (Fsp3) is 0. The molecule has 2 heteroatoms. The van der Waals surface area contributed by atoms with Crippen LogP contribution in [0.1, 0.15) is 0 Å². The van der Waals surface area contributed by atoms with Crippen LogP contribution >= 0.6 is 0 Å². The van der Waals surface area contributed by atoms with E-state index in [1.165, 1.54) is 66.1 Å². The van der Waals surface area contributed by atoms with Crippen molar-refractivity contribution in [2.75, 3.05) is 0 Å². The zero-order valence-corrected chi connectivity index (χ0v) is 28.4. The number of hydrogen-bond acceptors (Lipinski definition) is 2. The first-order valence-electron chi connectivity index (χ1n) is 17.7. The highest BCUT2D eigenvalue weighted by molar-refractivity contribution is 6.19. The molecule has 0 saturated heterocycles. The van der Waals surface area contributed by atoms with Crippen molar-refractivity contribution in [1.82, 2.24) is 9.97 Å². The smallest absolute Gasteiger partial charge is 0.0972 e. The average molecular weight is 661 g/mol. The largest absolute Gasteiger partial charge is 0.254 e. The highest BCUT2D eigenvalue weighted by Crippen LogP contribution is 2.43. The Morgan fingerprint density at radius 2 is 0.788 bits per heavy atom. The maximum absolute atomic E-state index is 5.41. The first kappa shape index (κ1) is 30.0. The van der Waals surface area contributed by atoms with Crippen molar-refractivity contribution < 1.29 is 0 Å². The van der Waals surface area contributed by atoms with Gasteiger partial charge in [-0.15, -0.1) is 0 Å². The molecule has 2 heterocycles. The Kier molecular flexibility index (Phi) is 7.18. The molecule has 0 radical (unpaired) electrons. The molecule has 0 aliphatic rings. The molecule has 0 amide bonds. The topological polar surface area (TPSA) is 25.8 Å². The molecule has 0 aliphatic heterocycles. The molecular weight excluding hydrogens is 629 g/mol. The summed E-state index contributed by atoms with van der Waals surface area (Å²) in [7, 11) is 0. The van der Waals surface area contributed by atoms with Crippen LogP contribution in [0.4, 0.5) is 0 Å². The van der Waals surface area contributed by atoms with Crippen LogP contribution in [0.2, 0.25) is 0 Å². The van der Waals surface area contributed by atoms with Crippen molar-refractivity contribution in [2.45, 2.75) is 0 Å². The minimum absolute atomic E-state index is 0.918. The molecule has 0 N–H and O–H groups in total. The Hall–Kier alpha value is -6.90. The van der Waals surface area contributed by atoms with E-state index in [2.05, 4.69) is 182 Å². The maximum Gasteiger partial charge on any atom is 0.0972 e. The molecule has 0 bridgehead atoms. The van der Waals surface area contributed by atoms with Gasteiger partial charge in [-0.2, -0.15) is 0 Å². The zero-order chi connectivity index (χ0) is 34.4. The van der Waals surface area contributed by atoms with E-state index in [-0.39, 0.29) is 0 Å². The van der Waals surface area contributed by atoms with Gasteiger partial charge in [0.1, 0.15) is 0 Å². The highest BCUT2D eigenvalue weighted by atomic mass is 14.8. The monoisotopic (exact) mass is 660 g/mol. The summed E-state index contributed by atoms with van der Waals surface area (Å²) in [5.41, 5.74) is 13.5. The van der Waals surface area contributed by atoms with E-state index < -0.39 is 0 Å². The molecule has 10 rings (SSSR count). The Bertz CT molecular complexity index is 2770. The Balaban J connectivity index is 1.23. The van der Waals surface area contributed by atoms with Gasteiger partial charge in [-0.1, -0.05) is 170 Å². The predicted molar refractivity (Wildman–Crippen MR) is 219 cm³/mol. The summed E-state index contributed by atoms with van der Waals surface area (Å²) in [6.45, 7) is 0. The zero-order valence-electron chi connectivity index (χ0n) is 28.4. The van der Waals surface area contributed by atoms with Gasteiger partial charge in [0.15, 0.2) is 0 Å². The standard InChI is InChI=1S/C50H32N2/c1-3-10-33(11-4-1)35-19-23-37(24-20-35)41-15-7-17-43-45(41)32-46-42(38-25-21-36(22-26-38)34-12-5-2-6-13-34)16-8-18-44(46)48(43)47-30-29-40-28-27-39-14-9-31-51-49(39)50(40)52-47/h1-32H. The van der Waals surface area contributed by atoms with Crippen LogP contribution in [0, 0.1) is 0 Å². The van der Waals surface area contributed by atoms with Gasteiger partial charge in [-0.05, 0) is 84.3 Å². The molecule has 52 heavy (non-hydrogen) atoms. The van der Waals surface area contributed by atoms with Crippen molar-refractivity contribution in [3.05, 3.63) is 194 Å². The molecule has 242 valence electrons. The first-order valence-corrected chi connectivity index (χ1v) is 17.7. The third kappa shape index (κ3) is 5.12. The van der Waals surface area contributed by atoms with E-state index in [0.29, 0.717) is 0 Å². The Labute approximate surface area is 302 Å². The predicted octanol–water partition coefficient (Wildman–Crippen LogP) is 13.4. The van der Waals surface area contributed by atoms with E-state index in [1.807, 2.05) is 12.3 Å². The van der Waals surface area contributed by atoms with E-state index >= 15 is 0 Å². The van der Waals surface area contributed by atoms with Crippen LogP contribution in [0.3, 0.4) is 0 Å². The number of benzene rings is 8. The second kappa shape index (κ2) is 12.5. The summed E-state index contributed by atoms with van der Waals surface area (Å²) in [6.07, 6.45) is 1.86. The van der Waals surface area contributed by atoms with Gasteiger partial charge in [-0.3, -0.25) is 4.98 Å². The average Bonchev–Trinajstić information content (AvgIpc) is 3.23. The first-order chi connectivity index (χ1) is 25.8. The van der Waals surface area contributed by atoms with Gasteiger partial charge < -0.3 is 0 Å². The lowest BCUT2D eigenvalue weighted by molar-refractivity contribution is 1.38. The Morgan fingerprint density at radius 3 is 1.35 bits per heavy atom. The number of pyridine rings is 2. The molecular formula is C50H32N2. The number of aromatic nitrogens is 2. The maximum atomic E-state index is 5.41. The van der Waals surface area contributed by atoms with Gasteiger partial charge in [-0.25, -0.2) is 4.98 Å². The van der Waals surface area contributed by atoms with E-state index in [1.54, 1.807) is 0 Å². The van der Waals surface area contributed by atoms with Crippen molar-refractivity contribution in [3.8, 4) is 55.8 Å². The molecule has 0 spiro atoms. The molecule has 0 aliphatic carbocycles. The van der Waals surface area contributed by atoms with Crippen molar-refractivity contribution in [1.29, 1.82) is 0 Å². The fourth-order valence-corrected chi connectivity index (χ4v) is 7.75. The summed E-state index contributed by atoms with van der Waals surface area (Å²) >= 11 is 0. The summed E-state index contributed by atoms with van der Waals surface area (Å²) in [5, 5.41) is 6.91. The molecule has 0 unspecified atom stereocenters. The third-order valence-corrected chi connectivity index (χ3v) is 10.3. The van der Waals surface area contributed by atoms with Gasteiger partial charge >= 0.3 is 0 Å². The molecule has 0 fully saturated rings. The molecule has 0 atom stereocenters. The molecule has 10 aromatic rings. The van der Waals surface area contributed by atoms with Crippen LogP contribution in [0.25, 0.3) is 99.1 Å². The quantitative estimate of drug-likeness (QED) is 0.136. The molecule has 8 aromatic carbocycles. The summed E-state index contributed by atoms with van der Waals surface area (Å²) < 4.78 is 0. The van der Waals surface area contributed by atoms with E-state index in [4.69, 9.17) is 9.97 Å². The fourth-order valence-electron chi connectivity index (χ4n) is 7.75. The number of nitrogens with zero attached hydrogens (tertiary/aromatic N) is 2. The van der Waals surface area contributed by atoms with E-state index in [0.717, 1.165) is 33.1 Å². The van der Waals surface area contributed by atoms with Crippen molar-refractivity contribution >= 4 is 43.4 Å². The van der Waals surface area contributed by atoms with Crippen LogP contribution in [-0.4, -0.2) is 9.97 Å². The summed E-state index contributed by atoms with van der Waals surface area (Å²) in [4.78, 5) is 10.2.